The summed E-state index contributed by atoms with van der Waals surface area (Å²) in [5, 5.41) is 13.4. The number of rotatable bonds is 9. The van der Waals surface area contributed by atoms with Gasteiger partial charge >= 0.3 is 5.97 Å². The molecule has 5 nitrogen and oxygen atoms in total. The molecule has 25 heavy (non-hydrogen) atoms. The van der Waals surface area contributed by atoms with Crippen molar-refractivity contribution in [1.29, 1.82) is 0 Å². The van der Waals surface area contributed by atoms with Crippen LogP contribution in [0.25, 0.3) is 0 Å². The highest BCUT2D eigenvalue weighted by Gasteiger charge is 2.32. The quantitative estimate of drug-likeness (QED) is 0.518. The number of benzene rings is 1. The highest BCUT2D eigenvalue weighted by atomic mass is 32.2. The van der Waals surface area contributed by atoms with Gasteiger partial charge < -0.3 is 15.2 Å². The molecular weight excluding hydrogens is 338 g/mol. The predicted octanol–water partition coefficient (Wildman–Crippen LogP) is 3.16. The van der Waals surface area contributed by atoms with Crippen LogP contribution in [0.15, 0.2) is 35.2 Å². The molecule has 0 saturated heterocycles. The van der Waals surface area contributed by atoms with Crippen LogP contribution in [-0.2, 0) is 14.3 Å². The first-order chi connectivity index (χ1) is 11.6. The molecule has 0 aromatic heterocycles. The minimum Gasteiger partial charge on any atom is -0.469 e. The minimum atomic E-state index is -0.797. The number of hydrogen-bond acceptors (Lipinski definition) is 5. The van der Waals surface area contributed by atoms with Gasteiger partial charge in [0.1, 0.15) is 0 Å². The first-order valence-electron chi connectivity index (χ1n) is 8.36. The van der Waals surface area contributed by atoms with E-state index in [9.17, 15) is 14.7 Å². The maximum atomic E-state index is 12.3. The van der Waals surface area contributed by atoms with Crippen molar-refractivity contribution in [2.24, 2.45) is 0 Å². The van der Waals surface area contributed by atoms with Crippen molar-refractivity contribution in [3.8, 4) is 0 Å². The average molecular weight is 368 g/mol. The van der Waals surface area contributed by atoms with Gasteiger partial charge in [-0.3, -0.25) is 9.59 Å². The Morgan fingerprint density at radius 3 is 2.36 bits per heavy atom. The molecule has 0 aliphatic rings. The Labute approximate surface area is 154 Å². The lowest BCUT2D eigenvalue weighted by molar-refractivity contribution is -0.141. The van der Waals surface area contributed by atoms with E-state index < -0.39 is 16.4 Å². The molecule has 140 valence electrons. The number of hydrogen-bond donors (Lipinski definition) is 2. The number of thioether (sulfide) groups is 1. The lowest BCUT2D eigenvalue weighted by Gasteiger charge is -2.31. The first kappa shape index (κ1) is 21.5. The molecule has 6 heteroatoms. The van der Waals surface area contributed by atoms with E-state index in [1.807, 2.05) is 58.0 Å². The minimum absolute atomic E-state index is 0.00842. The summed E-state index contributed by atoms with van der Waals surface area (Å²) >= 11 is 1.54. The lowest BCUT2D eigenvalue weighted by atomic mass is 9.97. The molecule has 0 heterocycles. The molecule has 1 unspecified atom stereocenters. The van der Waals surface area contributed by atoms with Crippen molar-refractivity contribution in [2.75, 3.05) is 7.11 Å². The number of carbonyl (C=O) groups is 2. The smallest absolute Gasteiger partial charge is 0.305 e. The number of aliphatic hydroxyl groups is 1. The standard InChI is InChI=1S/C19H29NO4S/c1-18(2,12-11-17(23)24-5)20-16(22)13-15(21)19(3,4)25-14-9-7-6-8-10-14/h6-10,15,21H,11-13H2,1-5H3,(H,20,22). The van der Waals surface area contributed by atoms with Gasteiger partial charge in [-0.2, -0.15) is 0 Å². The van der Waals surface area contributed by atoms with Crippen molar-refractivity contribution in [3.63, 3.8) is 0 Å². The summed E-state index contributed by atoms with van der Waals surface area (Å²) in [6, 6.07) is 9.80. The summed E-state index contributed by atoms with van der Waals surface area (Å²) in [5.74, 6) is -0.535. The normalized spacial score (nSPS) is 13.2. The molecule has 1 aromatic carbocycles. The van der Waals surface area contributed by atoms with E-state index in [1.165, 1.54) is 18.9 Å². The zero-order chi connectivity index (χ0) is 19.1. The SMILES string of the molecule is COC(=O)CCC(C)(C)NC(=O)CC(O)C(C)(C)Sc1ccccc1. The van der Waals surface area contributed by atoms with E-state index in [0.29, 0.717) is 6.42 Å². The summed E-state index contributed by atoms with van der Waals surface area (Å²) in [4.78, 5) is 24.6. The number of amides is 1. The van der Waals surface area contributed by atoms with Crippen LogP contribution in [0, 0.1) is 0 Å². The Morgan fingerprint density at radius 2 is 1.80 bits per heavy atom. The average Bonchev–Trinajstić information content (AvgIpc) is 2.52. The van der Waals surface area contributed by atoms with Crippen molar-refractivity contribution >= 4 is 23.6 Å². The Hall–Kier alpha value is -1.53. The van der Waals surface area contributed by atoms with Crippen LogP contribution in [0.5, 0.6) is 0 Å². The lowest BCUT2D eigenvalue weighted by Crippen LogP contribution is -2.46. The van der Waals surface area contributed by atoms with Gasteiger partial charge in [0, 0.05) is 21.6 Å². The Morgan fingerprint density at radius 1 is 1.20 bits per heavy atom. The molecular formula is C19H29NO4S. The molecule has 0 aliphatic carbocycles. The monoisotopic (exact) mass is 367 g/mol. The van der Waals surface area contributed by atoms with Gasteiger partial charge in [0.15, 0.2) is 0 Å². The summed E-state index contributed by atoms with van der Waals surface area (Å²) in [6.45, 7) is 7.55. The van der Waals surface area contributed by atoms with Gasteiger partial charge in [0.05, 0.1) is 19.6 Å². The molecule has 0 bridgehead atoms. The molecule has 0 saturated carbocycles. The number of aliphatic hydroxyl groups excluding tert-OH is 1. The molecule has 0 fully saturated rings. The zero-order valence-corrected chi connectivity index (χ0v) is 16.5. The number of ether oxygens (including phenoxy) is 1. The van der Waals surface area contributed by atoms with Crippen LogP contribution < -0.4 is 5.32 Å². The predicted molar refractivity (Wildman–Crippen MR) is 100 cm³/mol. The Bertz CT molecular complexity index is 572. The van der Waals surface area contributed by atoms with E-state index in [-0.39, 0.29) is 24.7 Å². The fourth-order valence-electron chi connectivity index (χ4n) is 2.29. The zero-order valence-electron chi connectivity index (χ0n) is 15.7. The second-order valence-corrected chi connectivity index (χ2v) is 8.97. The van der Waals surface area contributed by atoms with Gasteiger partial charge in [-0.15, -0.1) is 11.8 Å². The van der Waals surface area contributed by atoms with E-state index >= 15 is 0 Å². The van der Waals surface area contributed by atoms with Crippen molar-refractivity contribution in [1.82, 2.24) is 5.32 Å². The maximum Gasteiger partial charge on any atom is 0.305 e. The third-order valence-corrected chi connectivity index (χ3v) is 5.27. The van der Waals surface area contributed by atoms with E-state index in [1.54, 1.807) is 0 Å². The molecule has 1 rings (SSSR count). The fourth-order valence-corrected chi connectivity index (χ4v) is 3.41. The van der Waals surface area contributed by atoms with Crippen LogP contribution >= 0.6 is 11.8 Å². The Kier molecular flexibility index (Phi) is 7.96. The third kappa shape index (κ3) is 7.92. The van der Waals surface area contributed by atoms with Gasteiger partial charge in [0.25, 0.3) is 0 Å². The molecule has 1 aromatic rings. The first-order valence-corrected chi connectivity index (χ1v) is 9.17. The van der Waals surface area contributed by atoms with Crippen LogP contribution in [0.4, 0.5) is 0 Å². The van der Waals surface area contributed by atoms with E-state index in [2.05, 4.69) is 10.1 Å². The largest absolute Gasteiger partial charge is 0.469 e. The molecule has 0 radical (unpaired) electrons. The second-order valence-electron chi connectivity index (χ2n) is 7.25. The molecule has 0 spiro atoms. The Balaban J connectivity index is 2.55. The third-order valence-electron chi connectivity index (χ3n) is 3.96. The van der Waals surface area contributed by atoms with Gasteiger partial charge in [-0.1, -0.05) is 18.2 Å². The van der Waals surface area contributed by atoms with Gasteiger partial charge in [0.2, 0.25) is 5.91 Å². The molecule has 2 N–H and O–H groups in total. The van der Waals surface area contributed by atoms with Crippen LogP contribution in [-0.4, -0.2) is 40.5 Å². The van der Waals surface area contributed by atoms with Crippen LogP contribution in [0.1, 0.15) is 47.0 Å². The summed E-state index contributed by atoms with van der Waals surface area (Å²) in [7, 11) is 1.34. The highest BCUT2D eigenvalue weighted by Crippen LogP contribution is 2.36. The number of esters is 1. The van der Waals surface area contributed by atoms with Crippen LogP contribution in [0.3, 0.4) is 0 Å². The summed E-state index contributed by atoms with van der Waals surface area (Å²) < 4.78 is 4.12. The topological polar surface area (TPSA) is 75.6 Å². The van der Waals surface area contributed by atoms with E-state index in [4.69, 9.17) is 0 Å². The van der Waals surface area contributed by atoms with Gasteiger partial charge in [-0.05, 0) is 46.2 Å². The molecule has 0 aliphatic heterocycles. The molecule has 1 amide bonds. The summed E-state index contributed by atoms with van der Waals surface area (Å²) in [6.07, 6.45) is -0.0751. The number of carbonyl (C=O) groups excluding carboxylic acids is 2. The van der Waals surface area contributed by atoms with Gasteiger partial charge in [-0.25, -0.2) is 0 Å². The van der Waals surface area contributed by atoms with Crippen molar-refractivity contribution < 1.29 is 19.4 Å². The van der Waals surface area contributed by atoms with E-state index in [0.717, 1.165) is 4.90 Å². The highest BCUT2D eigenvalue weighted by molar-refractivity contribution is 8.00. The number of nitrogens with one attached hydrogen (secondary N) is 1. The molecule has 1 atom stereocenters. The van der Waals surface area contributed by atoms with Crippen LogP contribution in [0.2, 0.25) is 0 Å². The van der Waals surface area contributed by atoms with Crippen molar-refractivity contribution in [2.45, 2.75) is 68.2 Å². The second kappa shape index (κ2) is 9.25. The van der Waals surface area contributed by atoms with Crippen molar-refractivity contribution in [3.05, 3.63) is 30.3 Å². The maximum absolute atomic E-state index is 12.3. The summed E-state index contributed by atoms with van der Waals surface area (Å²) in [5.41, 5.74) is -0.540. The number of methoxy groups -OCH3 is 1. The fraction of sp³-hybridized carbons (Fsp3) is 0.579.